The third-order valence-corrected chi connectivity index (χ3v) is 4.08. The largest absolute Gasteiger partial charge is 0.454 e. The number of carbonyl (C=O) groups excluding carboxylic acids is 2. The van der Waals surface area contributed by atoms with Crippen LogP contribution in [0, 0.1) is 10.1 Å². The monoisotopic (exact) mass is 398 g/mol. The smallest absolute Gasteiger partial charge is 0.331 e. The molecule has 0 saturated carbocycles. The van der Waals surface area contributed by atoms with Gasteiger partial charge in [0.25, 0.3) is 11.6 Å². The molecule has 1 aliphatic heterocycles. The first-order valence-corrected chi connectivity index (χ1v) is 8.72. The number of nitro groups is 1. The van der Waals surface area contributed by atoms with Gasteiger partial charge in [-0.1, -0.05) is 6.07 Å². The van der Waals surface area contributed by atoms with Gasteiger partial charge < -0.3 is 19.5 Å². The fraction of sp³-hybridized carbons (Fsp3) is 0.200. The molecule has 1 heterocycles. The molecule has 1 N–H and O–H groups in total. The number of hydrogen-bond acceptors (Lipinski definition) is 7. The van der Waals surface area contributed by atoms with Crippen LogP contribution in [0.5, 0.6) is 11.5 Å². The van der Waals surface area contributed by atoms with E-state index >= 15 is 0 Å². The summed E-state index contributed by atoms with van der Waals surface area (Å²) in [4.78, 5) is 34.1. The summed E-state index contributed by atoms with van der Waals surface area (Å²) in [5, 5.41) is 13.3. The number of carbonyl (C=O) groups is 2. The van der Waals surface area contributed by atoms with Crippen molar-refractivity contribution in [2.24, 2.45) is 0 Å². The van der Waals surface area contributed by atoms with E-state index in [1.165, 1.54) is 37.3 Å². The van der Waals surface area contributed by atoms with E-state index in [9.17, 15) is 19.7 Å². The predicted molar refractivity (Wildman–Crippen MR) is 102 cm³/mol. The zero-order chi connectivity index (χ0) is 20.8. The first kappa shape index (κ1) is 19.9. The van der Waals surface area contributed by atoms with Crippen molar-refractivity contribution in [3.8, 4) is 11.5 Å². The Morgan fingerprint density at radius 2 is 1.93 bits per heavy atom. The number of ether oxygens (including phenoxy) is 3. The molecule has 0 bridgehead atoms. The minimum atomic E-state index is -0.988. The maximum atomic E-state index is 12.1. The highest BCUT2D eigenvalue weighted by Crippen LogP contribution is 2.32. The van der Waals surface area contributed by atoms with Gasteiger partial charge in [-0.15, -0.1) is 0 Å². The summed E-state index contributed by atoms with van der Waals surface area (Å²) in [5.74, 6) is 0.128. The van der Waals surface area contributed by atoms with Crippen molar-refractivity contribution in [1.29, 1.82) is 0 Å². The zero-order valence-corrected chi connectivity index (χ0v) is 15.5. The first-order valence-electron chi connectivity index (χ1n) is 8.72. The molecule has 0 saturated heterocycles. The number of non-ortho nitro benzene ring substituents is 1. The van der Waals surface area contributed by atoms with Crippen molar-refractivity contribution in [3.63, 3.8) is 0 Å². The van der Waals surface area contributed by atoms with Crippen LogP contribution in [0.3, 0.4) is 0 Å². The molecule has 2 aromatic rings. The van der Waals surface area contributed by atoms with Crippen LogP contribution in [0.25, 0.3) is 6.08 Å². The van der Waals surface area contributed by atoms with E-state index in [2.05, 4.69) is 5.32 Å². The van der Waals surface area contributed by atoms with Gasteiger partial charge in [0, 0.05) is 24.8 Å². The van der Waals surface area contributed by atoms with Gasteiger partial charge in [-0.2, -0.15) is 0 Å². The highest BCUT2D eigenvalue weighted by molar-refractivity contribution is 5.90. The predicted octanol–water partition coefficient (Wildman–Crippen LogP) is 2.58. The fourth-order valence-corrected chi connectivity index (χ4v) is 2.52. The maximum absolute atomic E-state index is 12.1. The number of benzene rings is 2. The van der Waals surface area contributed by atoms with Crippen molar-refractivity contribution in [1.82, 2.24) is 5.32 Å². The second kappa shape index (κ2) is 8.87. The average molecular weight is 398 g/mol. The fourth-order valence-electron chi connectivity index (χ4n) is 2.52. The Balaban J connectivity index is 1.47. The van der Waals surface area contributed by atoms with Gasteiger partial charge in [0.15, 0.2) is 17.6 Å². The number of esters is 1. The maximum Gasteiger partial charge on any atom is 0.331 e. The summed E-state index contributed by atoms with van der Waals surface area (Å²) in [6.07, 6.45) is 1.62. The van der Waals surface area contributed by atoms with E-state index in [-0.39, 0.29) is 19.0 Å². The molecule has 150 valence electrons. The molecule has 3 rings (SSSR count). The van der Waals surface area contributed by atoms with E-state index in [4.69, 9.17) is 14.2 Å². The van der Waals surface area contributed by atoms with Crippen molar-refractivity contribution >= 4 is 23.6 Å². The van der Waals surface area contributed by atoms with Crippen LogP contribution in [-0.2, 0) is 20.9 Å². The normalized spacial score (nSPS) is 13.1. The second-order valence-corrected chi connectivity index (χ2v) is 6.17. The lowest BCUT2D eigenvalue weighted by atomic mass is 10.2. The highest BCUT2D eigenvalue weighted by Gasteiger charge is 2.17. The molecule has 0 aliphatic carbocycles. The Morgan fingerprint density at radius 3 is 2.66 bits per heavy atom. The standard InChI is InChI=1S/C20H18N2O7/c1-13(20(24)21-11-15-4-8-17-18(10-15)28-12-27-17)29-19(23)9-5-14-2-6-16(7-3-14)22(25)26/h2-10,13H,11-12H2,1H3,(H,21,24)/b9-5+/t13-/m0/s1. The summed E-state index contributed by atoms with van der Waals surface area (Å²) in [7, 11) is 0. The van der Waals surface area contributed by atoms with Gasteiger partial charge >= 0.3 is 5.97 Å². The highest BCUT2D eigenvalue weighted by atomic mass is 16.7. The number of fused-ring (bicyclic) bond motifs is 1. The SMILES string of the molecule is C[C@H](OC(=O)/C=C/c1ccc([N+](=O)[O-])cc1)C(=O)NCc1ccc2c(c1)OCO2. The molecule has 0 spiro atoms. The molecule has 9 nitrogen and oxygen atoms in total. The quantitative estimate of drug-likeness (QED) is 0.330. The number of nitro benzene ring substituents is 1. The molecule has 1 aliphatic rings. The Hall–Kier alpha value is -3.88. The minimum Gasteiger partial charge on any atom is -0.454 e. The molecule has 0 fully saturated rings. The van der Waals surface area contributed by atoms with E-state index in [0.29, 0.717) is 17.1 Å². The molecule has 0 radical (unpaired) electrons. The summed E-state index contributed by atoms with van der Waals surface area (Å²) >= 11 is 0. The van der Waals surface area contributed by atoms with Crippen LogP contribution in [0.4, 0.5) is 5.69 Å². The summed E-state index contributed by atoms with van der Waals surface area (Å²) in [6, 6.07) is 11.0. The molecular weight excluding hydrogens is 380 g/mol. The molecular formula is C20H18N2O7. The molecule has 29 heavy (non-hydrogen) atoms. The summed E-state index contributed by atoms with van der Waals surface area (Å²) in [6.45, 7) is 1.88. The third kappa shape index (κ3) is 5.32. The third-order valence-electron chi connectivity index (χ3n) is 4.08. The Labute approximate surface area is 166 Å². The topological polar surface area (TPSA) is 117 Å². The van der Waals surface area contributed by atoms with Crippen LogP contribution in [0.1, 0.15) is 18.1 Å². The van der Waals surface area contributed by atoms with Crippen molar-refractivity contribution in [3.05, 3.63) is 69.8 Å². The van der Waals surface area contributed by atoms with Crippen LogP contribution in [-0.4, -0.2) is 29.7 Å². The van der Waals surface area contributed by atoms with E-state index in [1.54, 1.807) is 18.2 Å². The van der Waals surface area contributed by atoms with Crippen molar-refractivity contribution < 1.29 is 28.7 Å². The molecule has 0 unspecified atom stereocenters. The van der Waals surface area contributed by atoms with Gasteiger partial charge in [0.1, 0.15) is 0 Å². The zero-order valence-electron chi connectivity index (χ0n) is 15.5. The van der Waals surface area contributed by atoms with E-state index in [1.807, 2.05) is 0 Å². The first-order chi connectivity index (χ1) is 13.9. The molecule has 1 amide bonds. The number of amides is 1. The van der Waals surface area contributed by atoms with Gasteiger partial charge in [0.2, 0.25) is 6.79 Å². The molecule has 0 aromatic heterocycles. The van der Waals surface area contributed by atoms with E-state index < -0.39 is 22.9 Å². The van der Waals surface area contributed by atoms with Gasteiger partial charge in [0.05, 0.1) is 4.92 Å². The number of nitrogens with zero attached hydrogens (tertiary/aromatic N) is 1. The Bertz CT molecular complexity index is 954. The number of hydrogen-bond donors (Lipinski definition) is 1. The van der Waals surface area contributed by atoms with Gasteiger partial charge in [-0.05, 0) is 48.4 Å². The average Bonchev–Trinajstić information content (AvgIpc) is 3.18. The molecule has 1 atom stereocenters. The summed E-state index contributed by atoms with van der Waals surface area (Å²) in [5.41, 5.74) is 1.36. The Morgan fingerprint density at radius 1 is 1.21 bits per heavy atom. The number of nitrogens with one attached hydrogen (secondary N) is 1. The molecule has 9 heteroatoms. The van der Waals surface area contributed by atoms with Crippen molar-refractivity contribution in [2.75, 3.05) is 6.79 Å². The minimum absolute atomic E-state index is 0.0440. The number of rotatable bonds is 7. The van der Waals surface area contributed by atoms with Gasteiger partial charge in [-0.3, -0.25) is 14.9 Å². The van der Waals surface area contributed by atoms with Crippen LogP contribution >= 0.6 is 0 Å². The van der Waals surface area contributed by atoms with E-state index in [0.717, 1.165) is 11.6 Å². The lowest BCUT2D eigenvalue weighted by Gasteiger charge is -2.12. The van der Waals surface area contributed by atoms with Gasteiger partial charge in [-0.25, -0.2) is 4.79 Å². The van der Waals surface area contributed by atoms with Crippen LogP contribution in [0.2, 0.25) is 0 Å². The van der Waals surface area contributed by atoms with Crippen LogP contribution in [0.15, 0.2) is 48.5 Å². The summed E-state index contributed by atoms with van der Waals surface area (Å²) < 4.78 is 15.6. The lowest BCUT2D eigenvalue weighted by molar-refractivity contribution is -0.384. The van der Waals surface area contributed by atoms with Crippen LogP contribution < -0.4 is 14.8 Å². The lowest BCUT2D eigenvalue weighted by Crippen LogP contribution is -2.35. The van der Waals surface area contributed by atoms with Crippen molar-refractivity contribution in [2.45, 2.75) is 19.6 Å². The second-order valence-electron chi connectivity index (χ2n) is 6.17. The molecule has 2 aromatic carbocycles. The Kier molecular flexibility index (Phi) is 6.08.